The van der Waals surface area contributed by atoms with E-state index < -0.39 is 29.3 Å². The first kappa shape index (κ1) is 18.7. The molecular formula is C22H21N3O4. The number of hydrogen-bond acceptors (Lipinski definition) is 3. The molecule has 4 rings (SSSR count). The molecule has 2 unspecified atom stereocenters. The number of rotatable bonds is 4. The number of H-pyrrole nitrogens is 1. The van der Waals surface area contributed by atoms with Crippen molar-refractivity contribution in [2.75, 3.05) is 0 Å². The van der Waals surface area contributed by atoms with Gasteiger partial charge in [-0.1, -0.05) is 24.3 Å². The second-order valence-corrected chi connectivity index (χ2v) is 7.28. The van der Waals surface area contributed by atoms with Gasteiger partial charge in [0.2, 0.25) is 0 Å². The molecule has 0 aliphatic rings. The standard InChI is InChI=1S/C22H21N3O4/c1-12-7-6-9-17-19(12)16(11-23-17)13(2)24-18-10-5-4-8-15(18)20(26)25(22(24)29)14(3)21(27)28/h4-11,13-14,23H,1-3H3,(H,27,28). The van der Waals surface area contributed by atoms with E-state index in [1.54, 1.807) is 24.3 Å². The summed E-state index contributed by atoms with van der Waals surface area (Å²) >= 11 is 0. The fourth-order valence-electron chi connectivity index (χ4n) is 3.99. The van der Waals surface area contributed by atoms with E-state index >= 15 is 0 Å². The lowest BCUT2D eigenvalue weighted by atomic mass is 10.0. The molecule has 0 bridgehead atoms. The van der Waals surface area contributed by atoms with Gasteiger partial charge in [0.25, 0.3) is 5.56 Å². The largest absolute Gasteiger partial charge is 0.480 e. The summed E-state index contributed by atoms with van der Waals surface area (Å²) in [5.74, 6) is -1.23. The molecular weight excluding hydrogens is 370 g/mol. The van der Waals surface area contributed by atoms with Gasteiger partial charge in [-0.05, 0) is 44.5 Å². The molecule has 0 amide bonds. The Hall–Kier alpha value is -3.61. The van der Waals surface area contributed by atoms with Crippen LogP contribution in [0.25, 0.3) is 21.8 Å². The molecule has 2 atom stereocenters. The highest BCUT2D eigenvalue weighted by Crippen LogP contribution is 2.30. The molecule has 0 saturated heterocycles. The molecule has 0 aliphatic carbocycles. The molecule has 0 fully saturated rings. The maximum atomic E-state index is 13.4. The van der Waals surface area contributed by atoms with E-state index in [0.29, 0.717) is 10.9 Å². The zero-order valence-corrected chi connectivity index (χ0v) is 16.3. The van der Waals surface area contributed by atoms with Crippen molar-refractivity contribution in [3.8, 4) is 0 Å². The van der Waals surface area contributed by atoms with Gasteiger partial charge >= 0.3 is 11.7 Å². The van der Waals surface area contributed by atoms with Gasteiger partial charge in [-0.3, -0.25) is 9.36 Å². The van der Waals surface area contributed by atoms with E-state index in [2.05, 4.69) is 4.98 Å². The minimum absolute atomic E-state index is 0.309. The SMILES string of the molecule is Cc1cccc2[nH]cc(C(C)n3c(=O)n(C(C)C(=O)O)c(=O)c4ccccc43)c12. The number of nitrogens with one attached hydrogen (secondary N) is 1. The summed E-state index contributed by atoms with van der Waals surface area (Å²) in [6.45, 7) is 5.22. The van der Waals surface area contributed by atoms with Crippen LogP contribution >= 0.6 is 0 Å². The van der Waals surface area contributed by atoms with E-state index in [0.717, 1.165) is 26.6 Å². The van der Waals surface area contributed by atoms with Crippen molar-refractivity contribution >= 4 is 27.8 Å². The molecule has 7 nitrogen and oxygen atoms in total. The Labute approximate surface area is 165 Å². The van der Waals surface area contributed by atoms with Gasteiger partial charge in [-0.25, -0.2) is 14.2 Å². The molecule has 29 heavy (non-hydrogen) atoms. The summed E-state index contributed by atoms with van der Waals surface area (Å²) in [7, 11) is 0. The second-order valence-electron chi connectivity index (χ2n) is 7.28. The Kier molecular flexibility index (Phi) is 4.38. The van der Waals surface area contributed by atoms with E-state index in [-0.39, 0.29) is 0 Å². The summed E-state index contributed by atoms with van der Waals surface area (Å²) in [5.41, 5.74) is 2.16. The highest BCUT2D eigenvalue weighted by molar-refractivity contribution is 5.87. The normalized spacial score (nSPS) is 13.6. The molecule has 2 heterocycles. The van der Waals surface area contributed by atoms with Crippen LogP contribution in [0.3, 0.4) is 0 Å². The Morgan fingerprint density at radius 2 is 1.76 bits per heavy atom. The number of benzene rings is 2. The molecule has 148 valence electrons. The van der Waals surface area contributed by atoms with E-state index in [1.165, 1.54) is 11.5 Å². The number of aryl methyl sites for hydroxylation is 1. The topological polar surface area (TPSA) is 97.1 Å². The van der Waals surface area contributed by atoms with Gasteiger partial charge in [0.15, 0.2) is 0 Å². The Morgan fingerprint density at radius 3 is 2.48 bits per heavy atom. The molecule has 2 N–H and O–H groups in total. The van der Waals surface area contributed by atoms with Gasteiger partial charge in [-0.2, -0.15) is 0 Å². The van der Waals surface area contributed by atoms with E-state index in [9.17, 15) is 19.5 Å². The summed E-state index contributed by atoms with van der Waals surface area (Å²) < 4.78 is 2.33. The number of fused-ring (bicyclic) bond motifs is 2. The van der Waals surface area contributed by atoms with Crippen molar-refractivity contribution in [1.82, 2.24) is 14.1 Å². The predicted molar refractivity (Wildman–Crippen MR) is 112 cm³/mol. The number of carbonyl (C=O) groups is 1. The van der Waals surface area contributed by atoms with Crippen LogP contribution in [-0.4, -0.2) is 25.2 Å². The van der Waals surface area contributed by atoms with Crippen LogP contribution in [0.2, 0.25) is 0 Å². The second kappa shape index (κ2) is 6.77. The zero-order chi connectivity index (χ0) is 20.9. The quantitative estimate of drug-likeness (QED) is 0.558. The number of aromatic amines is 1. The van der Waals surface area contributed by atoms with Gasteiger partial charge in [0, 0.05) is 22.7 Å². The summed E-state index contributed by atoms with van der Waals surface area (Å²) in [5, 5.41) is 10.8. The third-order valence-electron chi connectivity index (χ3n) is 5.55. The Bertz CT molecular complexity index is 1380. The van der Waals surface area contributed by atoms with E-state index in [4.69, 9.17) is 0 Å². The Balaban J connectivity index is 2.09. The first-order chi connectivity index (χ1) is 13.8. The minimum atomic E-state index is -1.28. The van der Waals surface area contributed by atoms with Crippen LogP contribution < -0.4 is 11.2 Å². The third kappa shape index (κ3) is 2.77. The highest BCUT2D eigenvalue weighted by atomic mass is 16.4. The maximum Gasteiger partial charge on any atom is 0.332 e. The van der Waals surface area contributed by atoms with Crippen LogP contribution in [0.15, 0.2) is 58.3 Å². The molecule has 0 spiro atoms. The number of aromatic nitrogens is 3. The summed E-state index contributed by atoms with van der Waals surface area (Å²) in [4.78, 5) is 41.1. The van der Waals surface area contributed by atoms with Gasteiger partial charge < -0.3 is 10.1 Å². The van der Waals surface area contributed by atoms with Gasteiger partial charge in [0.1, 0.15) is 6.04 Å². The number of aliphatic carboxylic acids is 1. The lowest BCUT2D eigenvalue weighted by Gasteiger charge is -2.21. The molecule has 7 heteroatoms. The van der Waals surface area contributed by atoms with Gasteiger partial charge in [-0.15, -0.1) is 0 Å². The summed E-state index contributed by atoms with van der Waals surface area (Å²) in [6.07, 6.45) is 1.86. The fourth-order valence-corrected chi connectivity index (χ4v) is 3.99. The minimum Gasteiger partial charge on any atom is -0.480 e. The lowest BCUT2D eigenvalue weighted by molar-refractivity contribution is -0.140. The lowest BCUT2D eigenvalue weighted by Crippen LogP contribution is -2.44. The molecule has 0 saturated carbocycles. The van der Waals surface area contributed by atoms with Crippen molar-refractivity contribution in [2.45, 2.75) is 32.9 Å². The molecule has 4 aromatic rings. The van der Waals surface area contributed by atoms with Crippen LogP contribution in [0, 0.1) is 6.92 Å². The first-order valence-electron chi connectivity index (χ1n) is 9.38. The third-order valence-corrected chi connectivity index (χ3v) is 5.55. The van der Waals surface area contributed by atoms with Crippen LogP contribution in [0.5, 0.6) is 0 Å². The number of carboxylic acids is 1. The Morgan fingerprint density at radius 1 is 1.03 bits per heavy atom. The fraction of sp³-hybridized carbons (Fsp3) is 0.227. The van der Waals surface area contributed by atoms with Crippen molar-refractivity contribution in [2.24, 2.45) is 0 Å². The number of nitrogens with zero attached hydrogens (tertiary/aromatic N) is 2. The number of hydrogen-bond donors (Lipinski definition) is 2. The van der Waals surface area contributed by atoms with Crippen molar-refractivity contribution < 1.29 is 9.90 Å². The first-order valence-corrected chi connectivity index (χ1v) is 9.38. The molecule has 2 aromatic heterocycles. The number of carboxylic acid groups (broad SMARTS) is 1. The average molecular weight is 391 g/mol. The maximum absolute atomic E-state index is 13.4. The smallest absolute Gasteiger partial charge is 0.332 e. The van der Waals surface area contributed by atoms with E-state index in [1.807, 2.05) is 38.2 Å². The van der Waals surface area contributed by atoms with Crippen LogP contribution in [0.4, 0.5) is 0 Å². The number of para-hydroxylation sites is 1. The molecule has 0 radical (unpaired) electrons. The van der Waals surface area contributed by atoms with Crippen molar-refractivity contribution in [1.29, 1.82) is 0 Å². The zero-order valence-electron chi connectivity index (χ0n) is 16.3. The average Bonchev–Trinajstić information content (AvgIpc) is 3.13. The van der Waals surface area contributed by atoms with Crippen LogP contribution in [-0.2, 0) is 4.79 Å². The highest BCUT2D eigenvalue weighted by Gasteiger charge is 2.25. The summed E-state index contributed by atoms with van der Waals surface area (Å²) in [6, 6.07) is 11.0. The molecule has 0 aliphatic heterocycles. The molecule has 2 aromatic carbocycles. The monoisotopic (exact) mass is 391 g/mol. The van der Waals surface area contributed by atoms with Crippen molar-refractivity contribution in [3.63, 3.8) is 0 Å². The van der Waals surface area contributed by atoms with Crippen molar-refractivity contribution in [3.05, 3.63) is 80.6 Å². The van der Waals surface area contributed by atoms with Crippen LogP contribution in [0.1, 0.15) is 37.1 Å². The van der Waals surface area contributed by atoms with Gasteiger partial charge in [0.05, 0.1) is 16.9 Å². The predicted octanol–water partition coefficient (Wildman–Crippen LogP) is 3.21.